The van der Waals surface area contributed by atoms with Crippen LogP contribution in [0, 0.1) is 0 Å². The van der Waals surface area contributed by atoms with E-state index in [9.17, 15) is 8.78 Å². The van der Waals surface area contributed by atoms with E-state index >= 15 is 0 Å². The predicted molar refractivity (Wildman–Crippen MR) is 53.8 cm³/mol. The molecule has 4 heteroatoms. The summed E-state index contributed by atoms with van der Waals surface area (Å²) >= 11 is 5.73. The van der Waals surface area contributed by atoms with Crippen molar-refractivity contribution in [1.29, 1.82) is 0 Å². The maximum atomic E-state index is 13.2. The summed E-state index contributed by atoms with van der Waals surface area (Å²) in [6, 6.07) is 4.75. The Balaban J connectivity index is 3.22. The lowest BCUT2D eigenvalue weighted by atomic mass is 10.00. The zero-order chi connectivity index (χ0) is 10.8. The molecule has 0 heterocycles. The molecule has 78 valence electrons. The fraction of sp³-hybridized carbons (Fsp3) is 0.400. The highest BCUT2D eigenvalue weighted by Gasteiger charge is 2.29. The minimum absolute atomic E-state index is 0.100. The molecular formula is C10H12ClF2N. The van der Waals surface area contributed by atoms with E-state index in [1.807, 2.05) is 0 Å². The van der Waals surface area contributed by atoms with E-state index < -0.39 is 5.92 Å². The molecule has 0 aliphatic heterocycles. The van der Waals surface area contributed by atoms with Gasteiger partial charge in [-0.25, -0.2) is 8.78 Å². The van der Waals surface area contributed by atoms with Crippen molar-refractivity contribution >= 4 is 11.6 Å². The van der Waals surface area contributed by atoms with Gasteiger partial charge in [-0.2, -0.15) is 0 Å². The molecule has 1 nitrogen and oxygen atoms in total. The maximum absolute atomic E-state index is 13.2. The van der Waals surface area contributed by atoms with Crippen molar-refractivity contribution < 1.29 is 8.78 Å². The van der Waals surface area contributed by atoms with Gasteiger partial charge in [0.1, 0.15) is 0 Å². The predicted octanol–water partition coefficient (Wildman–Crippen LogP) is 2.95. The molecule has 0 saturated heterocycles. The van der Waals surface area contributed by atoms with Gasteiger partial charge in [0.25, 0.3) is 5.92 Å². The van der Waals surface area contributed by atoms with Gasteiger partial charge in [0, 0.05) is 12.5 Å². The molecule has 0 spiro atoms. The number of halogens is 3. The van der Waals surface area contributed by atoms with Crippen LogP contribution in [0.1, 0.15) is 18.1 Å². The van der Waals surface area contributed by atoms with Crippen molar-refractivity contribution in [3.63, 3.8) is 0 Å². The molecule has 1 rings (SSSR count). The van der Waals surface area contributed by atoms with Crippen LogP contribution >= 0.6 is 11.6 Å². The molecule has 0 atom stereocenters. The van der Waals surface area contributed by atoms with Crippen LogP contribution in [-0.2, 0) is 12.3 Å². The topological polar surface area (TPSA) is 26.0 Å². The van der Waals surface area contributed by atoms with Crippen molar-refractivity contribution in [1.82, 2.24) is 0 Å². The first kappa shape index (κ1) is 11.4. The molecule has 2 N–H and O–H groups in total. The summed E-state index contributed by atoms with van der Waals surface area (Å²) in [5.41, 5.74) is 5.75. The van der Waals surface area contributed by atoms with Crippen molar-refractivity contribution in [3.8, 4) is 0 Å². The molecular weight excluding hydrogens is 208 g/mol. The number of nitrogens with two attached hydrogens (primary N) is 1. The fourth-order valence-corrected chi connectivity index (χ4v) is 1.78. The zero-order valence-corrected chi connectivity index (χ0v) is 8.61. The molecule has 0 aliphatic carbocycles. The van der Waals surface area contributed by atoms with Crippen molar-refractivity contribution in [2.75, 3.05) is 6.54 Å². The van der Waals surface area contributed by atoms with Crippen LogP contribution in [0.3, 0.4) is 0 Å². The van der Waals surface area contributed by atoms with Gasteiger partial charge in [-0.3, -0.25) is 0 Å². The Morgan fingerprint density at radius 3 is 2.57 bits per heavy atom. The average Bonchev–Trinajstić information content (AvgIpc) is 2.02. The van der Waals surface area contributed by atoms with Gasteiger partial charge >= 0.3 is 0 Å². The normalized spacial score (nSPS) is 11.8. The first-order valence-corrected chi connectivity index (χ1v) is 4.70. The zero-order valence-electron chi connectivity index (χ0n) is 7.86. The van der Waals surface area contributed by atoms with Gasteiger partial charge < -0.3 is 5.73 Å². The van der Waals surface area contributed by atoms with Crippen LogP contribution < -0.4 is 5.73 Å². The summed E-state index contributed by atoms with van der Waals surface area (Å²) in [6.45, 7) is 1.18. The first-order valence-electron chi connectivity index (χ1n) is 4.32. The second-order valence-electron chi connectivity index (χ2n) is 3.20. The molecule has 0 aliphatic rings. The lowest BCUT2D eigenvalue weighted by Gasteiger charge is -2.16. The van der Waals surface area contributed by atoms with Crippen molar-refractivity contribution in [2.45, 2.75) is 19.3 Å². The van der Waals surface area contributed by atoms with E-state index in [1.54, 1.807) is 12.1 Å². The molecule has 0 bridgehead atoms. The Bertz CT molecular complexity index is 320. The number of hydrogen-bond donors (Lipinski definition) is 1. The highest BCUT2D eigenvalue weighted by atomic mass is 35.5. The number of benzene rings is 1. The van der Waals surface area contributed by atoms with Crippen LogP contribution in [0.2, 0.25) is 5.02 Å². The van der Waals surface area contributed by atoms with Gasteiger partial charge in [-0.05, 0) is 24.6 Å². The minimum atomic E-state index is -2.91. The highest BCUT2D eigenvalue weighted by Crippen LogP contribution is 2.35. The smallest absolute Gasteiger partial charge is 0.272 e. The minimum Gasteiger partial charge on any atom is -0.330 e. The fourth-order valence-electron chi connectivity index (χ4n) is 1.42. The monoisotopic (exact) mass is 219 g/mol. The van der Waals surface area contributed by atoms with Gasteiger partial charge in [0.15, 0.2) is 0 Å². The Hall–Kier alpha value is -0.670. The molecule has 1 aromatic carbocycles. The highest BCUT2D eigenvalue weighted by molar-refractivity contribution is 6.31. The lowest BCUT2D eigenvalue weighted by molar-refractivity contribution is 0.0167. The molecule has 1 aromatic rings. The molecule has 14 heavy (non-hydrogen) atoms. The van der Waals surface area contributed by atoms with E-state index in [2.05, 4.69) is 0 Å². The number of hydrogen-bond acceptors (Lipinski definition) is 1. The van der Waals surface area contributed by atoms with Gasteiger partial charge in [0.05, 0.1) is 5.02 Å². The Labute approximate surface area is 86.9 Å². The molecule has 0 fully saturated rings. The average molecular weight is 220 g/mol. The summed E-state index contributed by atoms with van der Waals surface area (Å²) in [4.78, 5) is 0. The number of alkyl halides is 2. The summed E-state index contributed by atoms with van der Waals surface area (Å²) < 4.78 is 26.3. The summed E-state index contributed by atoms with van der Waals surface area (Å²) in [7, 11) is 0. The van der Waals surface area contributed by atoms with Crippen molar-refractivity contribution in [3.05, 3.63) is 34.3 Å². The van der Waals surface area contributed by atoms with E-state index in [1.165, 1.54) is 6.07 Å². The maximum Gasteiger partial charge on any atom is 0.272 e. The third-order valence-corrected chi connectivity index (χ3v) is 2.27. The van der Waals surface area contributed by atoms with Crippen LogP contribution in [0.4, 0.5) is 8.78 Å². The Morgan fingerprint density at radius 1 is 1.43 bits per heavy atom. The summed E-state index contributed by atoms with van der Waals surface area (Å²) in [6.07, 6.45) is 0.416. The summed E-state index contributed by atoms with van der Waals surface area (Å²) in [5.74, 6) is -2.91. The molecule has 0 unspecified atom stereocenters. The van der Waals surface area contributed by atoms with Crippen LogP contribution in [0.5, 0.6) is 0 Å². The van der Waals surface area contributed by atoms with E-state index in [0.717, 1.165) is 6.92 Å². The Kier molecular flexibility index (Phi) is 3.45. The Morgan fingerprint density at radius 2 is 2.07 bits per heavy atom. The van der Waals surface area contributed by atoms with Crippen LogP contribution in [-0.4, -0.2) is 6.54 Å². The van der Waals surface area contributed by atoms with Crippen LogP contribution in [0.15, 0.2) is 18.2 Å². The molecule has 0 aromatic heterocycles. The SMILES string of the molecule is CC(F)(F)c1c(Cl)cccc1CCN. The first-order chi connectivity index (χ1) is 6.46. The number of rotatable bonds is 3. The summed E-state index contributed by atoms with van der Waals surface area (Å²) in [5, 5.41) is 0.100. The lowest BCUT2D eigenvalue weighted by Crippen LogP contribution is -2.14. The van der Waals surface area contributed by atoms with E-state index in [-0.39, 0.29) is 10.6 Å². The van der Waals surface area contributed by atoms with E-state index in [0.29, 0.717) is 18.5 Å². The van der Waals surface area contributed by atoms with Crippen LogP contribution in [0.25, 0.3) is 0 Å². The van der Waals surface area contributed by atoms with Gasteiger partial charge in [-0.15, -0.1) is 0 Å². The third kappa shape index (κ3) is 2.42. The second kappa shape index (κ2) is 4.24. The molecule has 0 radical (unpaired) electrons. The third-order valence-electron chi connectivity index (χ3n) is 1.95. The van der Waals surface area contributed by atoms with Crippen molar-refractivity contribution in [2.24, 2.45) is 5.73 Å². The molecule has 0 saturated carbocycles. The molecule has 0 amide bonds. The second-order valence-corrected chi connectivity index (χ2v) is 3.61. The van der Waals surface area contributed by atoms with E-state index in [4.69, 9.17) is 17.3 Å². The van der Waals surface area contributed by atoms with Gasteiger partial charge in [-0.1, -0.05) is 23.7 Å². The largest absolute Gasteiger partial charge is 0.330 e. The standard InChI is InChI=1S/C10H12ClF2N/c1-10(12,13)9-7(5-6-14)3-2-4-8(9)11/h2-4H,5-6,14H2,1H3. The quantitative estimate of drug-likeness (QED) is 0.831. The van der Waals surface area contributed by atoms with Gasteiger partial charge in [0.2, 0.25) is 0 Å².